The van der Waals surface area contributed by atoms with Gasteiger partial charge in [-0.1, -0.05) is 27.7 Å². The van der Waals surface area contributed by atoms with Crippen molar-refractivity contribution in [1.29, 1.82) is 0 Å². The fourth-order valence-corrected chi connectivity index (χ4v) is 3.36. The minimum Gasteiger partial charge on any atom is -0.396 e. The van der Waals surface area contributed by atoms with Crippen molar-refractivity contribution in [2.45, 2.75) is 53.9 Å². The number of hydrogen-bond donors (Lipinski definition) is 2. The lowest BCUT2D eigenvalue weighted by Crippen LogP contribution is -2.52. The van der Waals surface area contributed by atoms with Crippen molar-refractivity contribution in [3.8, 4) is 0 Å². The number of carbonyl (C=O) groups excluding carboxylic acids is 3. The molecule has 138 valence electrons. The Morgan fingerprint density at radius 2 is 1.67 bits per heavy atom. The maximum Gasteiger partial charge on any atom is 0.339 e. The van der Waals surface area contributed by atoms with E-state index in [1.807, 2.05) is 20.8 Å². The lowest BCUT2D eigenvalue weighted by molar-refractivity contribution is -0.213. The van der Waals surface area contributed by atoms with E-state index < -0.39 is 28.6 Å². The predicted octanol–water partition coefficient (Wildman–Crippen LogP) is 1.27. The van der Waals surface area contributed by atoms with Gasteiger partial charge in [-0.25, -0.2) is 4.79 Å². The third-order valence-electron chi connectivity index (χ3n) is 5.86. The Kier molecular flexibility index (Phi) is 6.52. The van der Waals surface area contributed by atoms with Crippen LogP contribution >= 0.6 is 0 Å². The lowest BCUT2D eigenvalue weighted by Gasteiger charge is -2.48. The minimum atomic E-state index is -1.05. The zero-order chi connectivity index (χ0) is 18.7. The van der Waals surface area contributed by atoms with Gasteiger partial charge in [0.15, 0.2) is 0 Å². The van der Waals surface area contributed by atoms with E-state index in [-0.39, 0.29) is 37.9 Å². The van der Waals surface area contributed by atoms with Crippen molar-refractivity contribution in [2.75, 3.05) is 13.2 Å². The molecule has 1 aliphatic rings. The summed E-state index contributed by atoms with van der Waals surface area (Å²) in [5, 5.41) is 19.8. The Balaban J connectivity index is 3.11. The van der Waals surface area contributed by atoms with Crippen LogP contribution in [-0.4, -0.2) is 46.3 Å². The summed E-state index contributed by atoms with van der Waals surface area (Å²) >= 11 is 0. The van der Waals surface area contributed by atoms with Gasteiger partial charge < -0.3 is 15.1 Å². The van der Waals surface area contributed by atoms with Crippen LogP contribution in [0.15, 0.2) is 0 Å². The molecule has 0 saturated carbocycles. The second kappa shape index (κ2) is 7.61. The van der Waals surface area contributed by atoms with Crippen molar-refractivity contribution < 1.29 is 29.4 Å². The summed E-state index contributed by atoms with van der Waals surface area (Å²) in [6.07, 6.45) is 0.474. The Labute approximate surface area is 142 Å². The first-order valence-corrected chi connectivity index (χ1v) is 8.36. The van der Waals surface area contributed by atoms with Crippen molar-refractivity contribution in [3.63, 3.8) is 0 Å². The molecule has 1 heterocycles. The molecule has 1 aliphatic heterocycles. The van der Waals surface area contributed by atoms with Crippen LogP contribution in [0, 0.1) is 22.7 Å². The van der Waals surface area contributed by atoms with E-state index in [1.54, 1.807) is 13.8 Å². The second-order valence-electron chi connectivity index (χ2n) is 7.32. The highest BCUT2D eigenvalue weighted by Gasteiger charge is 2.53. The first-order chi connectivity index (χ1) is 11.1. The topological polar surface area (TPSA) is 104 Å². The summed E-state index contributed by atoms with van der Waals surface area (Å²) in [5.41, 5.74) is -1.78. The molecule has 0 aromatic rings. The molecule has 0 aliphatic carbocycles. The SMILES string of the molecule is CCC(C)(C(=O)ON1C(=O)CCC1=O)C(C)(C)[C@@H](CO)C(C)CO. The zero-order valence-electron chi connectivity index (χ0n) is 15.2. The molecule has 2 amide bonds. The van der Waals surface area contributed by atoms with E-state index in [0.717, 1.165) is 0 Å². The van der Waals surface area contributed by atoms with Gasteiger partial charge >= 0.3 is 5.97 Å². The van der Waals surface area contributed by atoms with Crippen molar-refractivity contribution >= 4 is 17.8 Å². The molecule has 3 atom stereocenters. The molecule has 1 rings (SSSR count). The van der Waals surface area contributed by atoms with Gasteiger partial charge in [-0.15, -0.1) is 5.06 Å². The fourth-order valence-electron chi connectivity index (χ4n) is 3.36. The van der Waals surface area contributed by atoms with E-state index in [0.29, 0.717) is 11.5 Å². The molecular weight excluding hydrogens is 314 g/mol. The summed E-state index contributed by atoms with van der Waals surface area (Å²) < 4.78 is 0. The molecular formula is C17H29NO6. The number of nitrogens with zero attached hydrogens (tertiary/aromatic N) is 1. The van der Waals surface area contributed by atoms with Gasteiger partial charge in [0, 0.05) is 26.1 Å². The van der Waals surface area contributed by atoms with Gasteiger partial charge in [-0.3, -0.25) is 9.59 Å². The van der Waals surface area contributed by atoms with Gasteiger partial charge in [-0.05, 0) is 30.6 Å². The molecule has 1 saturated heterocycles. The summed E-state index contributed by atoms with van der Waals surface area (Å²) in [5.74, 6) is -2.30. The number of hydrogen-bond acceptors (Lipinski definition) is 6. The Morgan fingerprint density at radius 1 is 1.17 bits per heavy atom. The molecule has 0 radical (unpaired) electrons. The standard InChI is InChI=1S/C17H29NO6/c1-6-17(5,16(3,4)12(10-20)11(2)9-19)15(23)24-18-13(21)7-8-14(18)22/h11-12,19-20H,6-10H2,1-5H3/t11?,12-,17?/m0/s1. The van der Waals surface area contributed by atoms with E-state index in [9.17, 15) is 24.6 Å². The quantitative estimate of drug-likeness (QED) is 0.643. The normalized spacial score (nSPS) is 20.7. The number of rotatable bonds is 8. The van der Waals surface area contributed by atoms with Crippen LogP contribution in [0.5, 0.6) is 0 Å². The first kappa shape index (κ1) is 20.6. The third-order valence-corrected chi connectivity index (χ3v) is 5.86. The molecule has 7 nitrogen and oxygen atoms in total. The average molecular weight is 343 g/mol. The van der Waals surface area contributed by atoms with Gasteiger partial charge in [0.1, 0.15) is 0 Å². The Hall–Kier alpha value is -1.47. The van der Waals surface area contributed by atoms with Gasteiger partial charge in [0.25, 0.3) is 11.8 Å². The van der Waals surface area contributed by atoms with Crippen molar-refractivity contribution in [3.05, 3.63) is 0 Å². The number of hydroxylamine groups is 2. The Bertz CT molecular complexity index is 487. The number of aliphatic hydroxyl groups excluding tert-OH is 2. The van der Waals surface area contributed by atoms with E-state index in [4.69, 9.17) is 4.84 Å². The average Bonchev–Trinajstić information content (AvgIpc) is 2.85. The van der Waals surface area contributed by atoms with Crippen LogP contribution < -0.4 is 0 Å². The summed E-state index contributed by atoms with van der Waals surface area (Å²) in [7, 11) is 0. The monoisotopic (exact) mass is 343 g/mol. The number of carbonyl (C=O) groups is 3. The van der Waals surface area contributed by atoms with Crippen LogP contribution in [0.1, 0.15) is 53.9 Å². The van der Waals surface area contributed by atoms with E-state index in [2.05, 4.69) is 0 Å². The zero-order valence-corrected chi connectivity index (χ0v) is 15.2. The fraction of sp³-hybridized carbons (Fsp3) is 0.824. The van der Waals surface area contributed by atoms with Gasteiger partial charge in [-0.2, -0.15) is 0 Å². The maximum absolute atomic E-state index is 12.8. The highest BCUT2D eigenvalue weighted by Crippen LogP contribution is 2.50. The number of amides is 2. The third kappa shape index (κ3) is 3.47. The molecule has 2 N–H and O–H groups in total. The smallest absolute Gasteiger partial charge is 0.339 e. The minimum absolute atomic E-state index is 0.0408. The predicted molar refractivity (Wildman–Crippen MR) is 86.2 cm³/mol. The molecule has 0 spiro atoms. The molecule has 24 heavy (non-hydrogen) atoms. The molecule has 2 unspecified atom stereocenters. The Morgan fingerprint density at radius 3 is 2.04 bits per heavy atom. The molecule has 1 fully saturated rings. The highest BCUT2D eigenvalue weighted by molar-refractivity contribution is 6.01. The molecule has 0 aromatic heterocycles. The van der Waals surface area contributed by atoms with Crippen LogP contribution in [-0.2, 0) is 19.2 Å². The largest absolute Gasteiger partial charge is 0.396 e. The van der Waals surface area contributed by atoms with Crippen LogP contribution in [0.2, 0.25) is 0 Å². The first-order valence-electron chi connectivity index (χ1n) is 8.36. The van der Waals surface area contributed by atoms with Crippen LogP contribution in [0.3, 0.4) is 0 Å². The van der Waals surface area contributed by atoms with Gasteiger partial charge in [0.2, 0.25) is 0 Å². The molecule has 7 heteroatoms. The number of aliphatic hydroxyl groups is 2. The maximum atomic E-state index is 12.8. The van der Waals surface area contributed by atoms with E-state index >= 15 is 0 Å². The van der Waals surface area contributed by atoms with Crippen LogP contribution in [0.25, 0.3) is 0 Å². The molecule has 0 bridgehead atoms. The number of imide groups is 1. The highest BCUT2D eigenvalue weighted by atomic mass is 16.7. The van der Waals surface area contributed by atoms with Crippen LogP contribution in [0.4, 0.5) is 0 Å². The second-order valence-corrected chi connectivity index (χ2v) is 7.32. The van der Waals surface area contributed by atoms with Crippen molar-refractivity contribution in [2.24, 2.45) is 22.7 Å². The van der Waals surface area contributed by atoms with Gasteiger partial charge in [0.05, 0.1) is 5.41 Å². The van der Waals surface area contributed by atoms with E-state index in [1.165, 1.54) is 0 Å². The summed E-state index contributed by atoms with van der Waals surface area (Å²) in [4.78, 5) is 41.3. The summed E-state index contributed by atoms with van der Waals surface area (Å²) in [6.45, 7) is 8.67. The summed E-state index contributed by atoms with van der Waals surface area (Å²) in [6, 6.07) is 0. The lowest BCUT2D eigenvalue weighted by atomic mass is 9.56. The van der Waals surface area contributed by atoms with Crippen molar-refractivity contribution in [1.82, 2.24) is 5.06 Å². The molecule has 0 aromatic carbocycles.